The highest BCUT2D eigenvalue weighted by Crippen LogP contribution is 2.15. The van der Waals surface area contributed by atoms with E-state index in [-0.39, 0.29) is 18.6 Å². The predicted octanol–water partition coefficient (Wildman–Crippen LogP) is 1.44. The molecule has 1 atom stereocenters. The van der Waals surface area contributed by atoms with Crippen LogP contribution >= 0.6 is 11.6 Å². The van der Waals surface area contributed by atoms with Crippen LogP contribution in [0, 0.1) is 0 Å². The van der Waals surface area contributed by atoms with E-state index >= 15 is 0 Å². The van der Waals surface area contributed by atoms with E-state index in [2.05, 4.69) is 10.6 Å². The monoisotopic (exact) mass is 256 g/mol. The van der Waals surface area contributed by atoms with Crippen molar-refractivity contribution in [3.05, 3.63) is 29.3 Å². The van der Waals surface area contributed by atoms with E-state index in [4.69, 9.17) is 16.3 Å². The first-order valence-corrected chi connectivity index (χ1v) is 5.82. The summed E-state index contributed by atoms with van der Waals surface area (Å²) in [5, 5.41) is 6.44. The largest absolute Gasteiger partial charge is 0.484 e. The zero-order valence-electron chi connectivity index (χ0n) is 10.00. The Morgan fingerprint density at radius 2 is 2.06 bits per heavy atom. The van der Waals surface area contributed by atoms with Crippen LogP contribution < -0.4 is 15.4 Å². The molecule has 0 saturated heterocycles. The quantitative estimate of drug-likeness (QED) is 0.810. The minimum Gasteiger partial charge on any atom is -0.484 e. The number of likely N-dealkylation sites (N-methyl/N-ethyl adjacent to an activating group) is 1. The van der Waals surface area contributed by atoms with Crippen molar-refractivity contribution in [2.75, 3.05) is 20.2 Å². The van der Waals surface area contributed by atoms with Gasteiger partial charge in [0.05, 0.1) is 0 Å². The van der Waals surface area contributed by atoms with E-state index in [1.807, 2.05) is 14.0 Å². The molecule has 0 aliphatic carbocycles. The van der Waals surface area contributed by atoms with Crippen molar-refractivity contribution in [3.8, 4) is 5.75 Å². The molecule has 17 heavy (non-hydrogen) atoms. The molecule has 0 fully saturated rings. The normalized spacial score (nSPS) is 11.9. The molecule has 0 spiro atoms. The maximum Gasteiger partial charge on any atom is 0.257 e. The minimum absolute atomic E-state index is 0.0120. The van der Waals surface area contributed by atoms with Gasteiger partial charge in [0.2, 0.25) is 0 Å². The molecule has 1 rings (SSSR count). The lowest BCUT2D eigenvalue weighted by atomic mass is 10.3. The van der Waals surface area contributed by atoms with E-state index < -0.39 is 0 Å². The molecule has 94 valence electrons. The average molecular weight is 257 g/mol. The second-order valence-corrected chi connectivity index (χ2v) is 4.17. The van der Waals surface area contributed by atoms with Crippen LogP contribution in [0.2, 0.25) is 5.02 Å². The van der Waals surface area contributed by atoms with Crippen molar-refractivity contribution in [2.24, 2.45) is 0 Å². The number of carbonyl (C=O) groups excluding carboxylic acids is 1. The molecular weight excluding hydrogens is 240 g/mol. The number of nitrogens with one attached hydrogen (secondary N) is 2. The fourth-order valence-electron chi connectivity index (χ4n) is 1.10. The molecule has 0 aromatic heterocycles. The summed E-state index contributed by atoms with van der Waals surface area (Å²) < 4.78 is 5.30. The van der Waals surface area contributed by atoms with Crippen molar-refractivity contribution in [3.63, 3.8) is 0 Å². The standard InChI is InChI=1S/C12H17ClN2O2/c1-9(14-2)7-15-12(16)8-17-11-5-3-10(13)4-6-11/h3-6,9,14H,7-8H2,1-2H3,(H,15,16). The molecule has 5 heteroatoms. The number of amides is 1. The van der Waals surface area contributed by atoms with E-state index in [1.165, 1.54) is 0 Å². The van der Waals surface area contributed by atoms with Crippen LogP contribution in [0.25, 0.3) is 0 Å². The molecule has 1 unspecified atom stereocenters. The molecule has 0 aliphatic rings. The summed E-state index contributed by atoms with van der Waals surface area (Å²) in [4.78, 5) is 11.4. The van der Waals surface area contributed by atoms with E-state index in [9.17, 15) is 4.79 Å². The smallest absolute Gasteiger partial charge is 0.257 e. The first-order valence-electron chi connectivity index (χ1n) is 5.44. The SMILES string of the molecule is CNC(C)CNC(=O)COc1ccc(Cl)cc1. The number of halogens is 1. The van der Waals surface area contributed by atoms with Gasteiger partial charge in [0, 0.05) is 17.6 Å². The third-order valence-corrected chi connectivity index (χ3v) is 2.53. The van der Waals surface area contributed by atoms with E-state index in [1.54, 1.807) is 24.3 Å². The zero-order valence-corrected chi connectivity index (χ0v) is 10.8. The Bertz CT molecular complexity index is 354. The summed E-state index contributed by atoms with van der Waals surface area (Å²) in [6, 6.07) is 7.14. The summed E-state index contributed by atoms with van der Waals surface area (Å²) in [6.45, 7) is 2.58. The fraction of sp³-hybridized carbons (Fsp3) is 0.417. The van der Waals surface area contributed by atoms with Crippen LogP contribution in [0.15, 0.2) is 24.3 Å². The molecule has 0 bridgehead atoms. The topological polar surface area (TPSA) is 50.4 Å². The van der Waals surface area contributed by atoms with Gasteiger partial charge in [0.25, 0.3) is 5.91 Å². The van der Waals surface area contributed by atoms with Crippen molar-refractivity contribution >= 4 is 17.5 Å². The summed E-state index contributed by atoms with van der Waals surface area (Å²) >= 11 is 5.73. The van der Waals surface area contributed by atoms with Crippen molar-refractivity contribution < 1.29 is 9.53 Å². The van der Waals surface area contributed by atoms with Crippen LogP contribution in [-0.2, 0) is 4.79 Å². The van der Waals surface area contributed by atoms with Crippen LogP contribution in [0.4, 0.5) is 0 Å². The number of benzene rings is 1. The molecular formula is C12H17ClN2O2. The highest BCUT2D eigenvalue weighted by atomic mass is 35.5. The van der Waals surface area contributed by atoms with Gasteiger partial charge in [0.15, 0.2) is 6.61 Å². The van der Waals surface area contributed by atoms with Gasteiger partial charge in [-0.15, -0.1) is 0 Å². The molecule has 4 nitrogen and oxygen atoms in total. The average Bonchev–Trinajstić information content (AvgIpc) is 2.35. The molecule has 2 N–H and O–H groups in total. The maximum atomic E-state index is 11.4. The minimum atomic E-state index is -0.137. The number of hydrogen-bond acceptors (Lipinski definition) is 3. The Hall–Kier alpha value is -1.26. The lowest BCUT2D eigenvalue weighted by Crippen LogP contribution is -2.39. The highest BCUT2D eigenvalue weighted by Gasteiger charge is 2.04. The lowest BCUT2D eigenvalue weighted by molar-refractivity contribution is -0.123. The van der Waals surface area contributed by atoms with Gasteiger partial charge in [0.1, 0.15) is 5.75 Å². The van der Waals surface area contributed by atoms with Crippen molar-refractivity contribution in [1.29, 1.82) is 0 Å². The number of carbonyl (C=O) groups is 1. The zero-order chi connectivity index (χ0) is 12.7. The Kier molecular flexibility index (Phi) is 5.80. The summed E-state index contributed by atoms with van der Waals surface area (Å²) in [5.74, 6) is 0.494. The molecule has 0 saturated carbocycles. The Labute approximate surface area is 106 Å². The Balaban J connectivity index is 2.26. The van der Waals surface area contributed by atoms with Crippen molar-refractivity contribution in [1.82, 2.24) is 10.6 Å². The first kappa shape index (κ1) is 13.8. The maximum absolute atomic E-state index is 11.4. The molecule has 0 heterocycles. The van der Waals surface area contributed by atoms with Gasteiger partial charge >= 0.3 is 0 Å². The molecule has 1 aromatic rings. The summed E-state index contributed by atoms with van der Waals surface area (Å²) in [7, 11) is 1.85. The van der Waals surface area contributed by atoms with Crippen LogP contribution in [0.5, 0.6) is 5.75 Å². The van der Waals surface area contributed by atoms with E-state index in [0.717, 1.165) is 0 Å². The second-order valence-electron chi connectivity index (χ2n) is 3.74. The fourth-order valence-corrected chi connectivity index (χ4v) is 1.23. The van der Waals surface area contributed by atoms with Crippen LogP contribution in [0.1, 0.15) is 6.92 Å². The van der Waals surface area contributed by atoms with E-state index in [0.29, 0.717) is 17.3 Å². The summed E-state index contributed by atoms with van der Waals surface area (Å²) in [5.41, 5.74) is 0. The Morgan fingerprint density at radius 3 is 2.65 bits per heavy atom. The number of hydrogen-bond donors (Lipinski definition) is 2. The number of ether oxygens (including phenoxy) is 1. The van der Waals surface area contributed by atoms with Gasteiger partial charge in [-0.1, -0.05) is 11.6 Å². The third kappa shape index (κ3) is 5.56. The van der Waals surface area contributed by atoms with Crippen LogP contribution in [0.3, 0.4) is 0 Å². The number of rotatable bonds is 6. The van der Waals surface area contributed by atoms with Gasteiger partial charge in [-0.05, 0) is 38.2 Å². The first-order chi connectivity index (χ1) is 8.11. The molecule has 0 aliphatic heterocycles. The third-order valence-electron chi connectivity index (χ3n) is 2.28. The van der Waals surface area contributed by atoms with Gasteiger partial charge < -0.3 is 15.4 Å². The molecule has 1 amide bonds. The molecule has 0 radical (unpaired) electrons. The molecule has 1 aromatic carbocycles. The Morgan fingerprint density at radius 1 is 1.41 bits per heavy atom. The highest BCUT2D eigenvalue weighted by molar-refractivity contribution is 6.30. The van der Waals surface area contributed by atoms with Gasteiger partial charge in [-0.3, -0.25) is 4.79 Å². The summed E-state index contributed by atoms with van der Waals surface area (Å²) in [6.07, 6.45) is 0. The van der Waals surface area contributed by atoms with Crippen molar-refractivity contribution in [2.45, 2.75) is 13.0 Å². The second kappa shape index (κ2) is 7.14. The predicted molar refractivity (Wildman–Crippen MR) is 68.5 cm³/mol. The van der Waals surface area contributed by atoms with Gasteiger partial charge in [-0.2, -0.15) is 0 Å². The lowest BCUT2D eigenvalue weighted by Gasteiger charge is -2.11. The van der Waals surface area contributed by atoms with Crippen LogP contribution in [-0.4, -0.2) is 32.1 Å². The van der Waals surface area contributed by atoms with Gasteiger partial charge in [-0.25, -0.2) is 0 Å².